The molecule has 1 fully saturated rings. The highest BCUT2D eigenvalue weighted by atomic mass is 19.2. The van der Waals surface area contributed by atoms with E-state index in [4.69, 9.17) is 4.74 Å². The molecule has 2 atom stereocenters. The van der Waals surface area contributed by atoms with Gasteiger partial charge in [0.2, 0.25) is 5.82 Å². The van der Waals surface area contributed by atoms with Crippen LogP contribution >= 0.6 is 0 Å². The first kappa shape index (κ1) is 20.6. The number of hydrogen-bond acceptors (Lipinski definition) is 1. The van der Waals surface area contributed by atoms with E-state index in [2.05, 4.69) is 31.2 Å². The lowest BCUT2D eigenvalue weighted by atomic mass is 9.99. The normalized spacial score (nSPS) is 18.5. The first-order chi connectivity index (χ1) is 14.5. The van der Waals surface area contributed by atoms with Gasteiger partial charge >= 0.3 is 0 Å². The van der Waals surface area contributed by atoms with Crippen LogP contribution in [0, 0.1) is 24.5 Å². The van der Waals surface area contributed by atoms with Crippen molar-refractivity contribution in [1.29, 1.82) is 0 Å². The Morgan fingerprint density at radius 2 is 1.43 bits per heavy atom. The van der Waals surface area contributed by atoms with Gasteiger partial charge in [-0.25, -0.2) is 4.39 Å². The Labute approximate surface area is 177 Å². The summed E-state index contributed by atoms with van der Waals surface area (Å²) in [6, 6.07) is 19.0. The van der Waals surface area contributed by atoms with Crippen molar-refractivity contribution in [3.63, 3.8) is 0 Å². The highest BCUT2D eigenvalue weighted by Crippen LogP contribution is 2.35. The van der Waals surface area contributed by atoms with Crippen molar-refractivity contribution in [2.75, 3.05) is 0 Å². The maximum atomic E-state index is 14.8. The Hall–Kier alpha value is -2.68. The molecule has 0 aliphatic heterocycles. The number of rotatable bonds is 6. The molecule has 2 unspecified atom stereocenters. The Bertz CT molecular complexity index is 993. The minimum absolute atomic E-state index is 0.0184. The molecule has 0 heterocycles. The number of ether oxygens (including phenoxy) is 1. The predicted molar refractivity (Wildman–Crippen MR) is 119 cm³/mol. The minimum Gasteiger partial charge on any atom is -0.487 e. The molecule has 0 N–H and O–H groups in total. The highest BCUT2D eigenvalue weighted by Gasteiger charge is 2.27. The van der Waals surface area contributed by atoms with Gasteiger partial charge in [0.05, 0.1) is 6.10 Å². The third kappa shape index (κ3) is 4.40. The lowest BCUT2D eigenvalue weighted by molar-refractivity contribution is 0.192. The van der Waals surface area contributed by atoms with Gasteiger partial charge in [-0.2, -0.15) is 4.39 Å². The van der Waals surface area contributed by atoms with E-state index in [-0.39, 0.29) is 17.4 Å². The van der Waals surface area contributed by atoms with Crippen LogP contribution in [0.1, 0.15) is 44.6 Å². The summed E-state index contributed by atoms with van der Waals surface area (Å²) in [4.78, 5) is 0. The fraction of sp³-hybridized carbons (Fsp3) is 0.333. The highest BCUT2D eigenvalue weighted by molar-refractivity contribution is 5.71. The fourth-order valence-electron chi connectivity index (χ4n) is 4.42. The average Bonchev–Trinajstić information content (AvgIpc) is 3.20. The van der Waals surface area contributed by atoms with E-state index in [1.165, 1.54) is 12.0 Å². The zero-order valence-electron chi connectivity index (χ0n) is 17.6. The van der Waals surface area contributed by atoms with E-state index < -0.39 is 11.6 Å². The maximum Gasteiger partial charge on any atom is 0.201 e. The summed E-state index contributed by atoms with van der Waals surface area (Å²) in [6.45, 7) is 4.23. The molecule has 0 radical (unpaired) electrons. The van der Waals surface area contributed by atoms with Gasteiger partial charge in [0.25, 0.3) is 0 Å². The lowest BCUT2D eigenvalue weighted by Gasteiger charge is -2.16. The second-order valence-corrected chi connectivity index (χ2v) is 8.39. The summed E-state index contributed by atoms with van der Waals surface area (Å²) in [7, 11) is 0. The van der Waals surface area contributed by atoms with Crippen LogP contribution < -0.4 is 4.74 Å². The fourth-order valence-corrected chi connectivity index (χ4v) is 4.42. The second-order valence-electron chi connectivity index (χ2n) is 8.39. The van der Waals surface area contributed by atoms with Gasteiger partial charge < -0.3 is 4.74 Å². The van der Waals surface area contributed by atoms with Crippen molar-refractivity contribution in [3.8, 4) is 28.0 Å². The standard InChI is InChI=1S/C27H28F2O/c1-3-4-19-7-14-23(17-19)30-25-16-15-24(26(28)27(25)29)22-12-10-21(11-13-22)20-8-5-18(2)6-9-20/h5-6,8-13,15-16,19,23H,3-4,7,14,17H2,1-2H3. The van der Waals surface area contributed by atoms with Crippen LogP contribution in [0.25, 0.3) is 22.3 Å². The van der Waals surface area contributed by atoms with Crippen LogP contribution in [0.4, 0.5) is 8.78 Å². The topological polar surface area (TPSA) is 9.23 Å². The van der Waals surface area contributed by atoms with E-state index in [9.17, 15) is 8.78 Å². The van der Waals surface area contributed by atoms with Gasteiger partial charge in [-0.3, -0.25) is 0 Å². The maximum absolute atomic E-state index is 14.8. The molecule has 30 heavy (non-hydrogen) atoms. The van der Waals surface area contributed by atoms with E-state index in [1.807, 2.05) is 31.2 Å². The molecule has 1 saturated carbocycles. The molecule has 0 amide bonds. The van der Waals surface area contributed by atoms with Crippen molar-refractivity contribution < 1.29 is 13.5 Å². The lowest BCUT2D eigenvalue weighted by Crippen LogP contribution is -2.13. The third-order valence-electron chi connectivity index (χ3n) is 6.11. The van der Waals surface area contributed by atoms with Gasteiger partial charge in [-0.1, -0.05) is 73.9 Å². The first-order valence-electron chi connectivity index (χ1n) is 10.9. The molecule has 1 aliphatic carbocycles. The van der Waals surface area contributed by atoms with Gasteiger partial charge in [-0.05, 0) is 60.9 Å². The minimum atomic E-state index is -0.894. The van der Waals surface area contributed by atoms with Gasteiger partial charge in [0, 0.05) is 5.56 Å². The van der Waals surface area contributed by atoms with Crippen LogP contribution in [0.15, 0.2) is 60.7 Å². The molecule has 156 valence electrons. The number of halogens is 2. The molecule has 4 rings (SSSR count). The molecule has 0 bridgehead atoms. The zero-order valence-corrected chi connectivity index (χ0v) is 17.6. The van der Waals surface area contributed by atoms with Crippen molar-refractivity contribution in [1.82, 2.24) is 0 Å². The van der Waals surface area contributed by atoms with E-state index in [0.717, 1.165) is 36.8 Å². The molecule has 0 spiro atoms. The molecular weight excluding hydrogens is 378 g/mol. The number of hydrogen-bond donors (Lipinski definition) is 0. The zero-order chi connectivity index (χ0) is 21.1. The Morgan fingerprint density at radius 1 is 0.800 bits per heavy atom. The van der Waals surface area contributed by atoms with E-state index in [1.54, 1.807) is 12.1 Å². The van der Waals surface area contributed by atoms with E-state index in [0.29, 0.717) is 11.5 Å². The first-order valence-corrected chi connectivity index (χ1v) is 10.9. The van der Waals surface area contributed by atoms with Crippen LogP contribution in [0.5, 0.6) is 5.75 Å². The molecule has 0 aromatic heterocycles. The SMILES string of the molecule is CCCC1CCC(Oc2ccc(-c3ccc(-c4ccc(C)cc4)cc3)c(F)c2F)C1. The smallest absolute Gasteiger partial charge is 0.201 e. The molecule has 0 saturated heterocycles. The van der Waals surface area contributed by atoms with Crippen molar-refractivity contribution >= 4 is 0 Å². The summed E-state index contributed by atoms with van der Waals surface area (Å²) in [5.74, 6) is -1.08. The van der Waals surface area contributed by atoms with Gasteiger partial charge in [0.15, 0.2) is 11.6 Å². The van der Waals surface area contributed by atoms with Crippen molar-refractivity contribution in [2.45, 2.75) is 52.1 Å². The van der Waals surface area contributed by atoms with Gasteiger partial charge in [-0.15, -0.1) is 0 Å². The number of aryl methyl sites for hydroxylation is 1. The van der Waals surface area contributed by atoms with Crippen LogP contribution in [0.3, 0.4) is 0 Å². The molecule has 3 aromatic rings. The molecule has 3 aromatic carbocycles. The average molecular weight is 407 g/mol. The molecule has 3 heteroatoms. The Morgan fingerprint density at radius 3 is 2.10 bits per heavy atom. The Balaban J connectivity index is 1.51. The van der Waals surface area contributed by atoms with Crippen LogP contribution in [-0.4, -0.2) is 6.10 Å². The van der Waals surface area contributed by atoms with E-state index >= 15 is 0 Å². The Kier molecular flexibility index (Phi) is 6.17. The predicted octanol–water partition coefficient (Wildman–Crippen LogP) is 7.95. The quantitative estimate of drug-likeness (QED) is 0.403. The molecular formula is C27H28F2O. The summed E-state index contributed by atoms with van der Waals surface area (Å²) in [6.07, 6.45) is 5.25. The largest absolute Gasteiger partial charge is 0.487 e. The summed E-state index contributed by atoms with van der Waals surface area (Å²) < 4.78 is 35.4. The summed E-state index contributed by atoms with van der Waals surface area (Å²) in [5.41, 5.74) is 4.25. The van der Waals surface area contributed by atoms with Crippen molar-refractivity contribution in [2.24, 2.45) is 5.92 Å². The van der Waals surface area contributed by atoms with Crippen LogP contribution in [0.2, 0.25) is 0 Å². The van der Waals surface area contributed by atoms with Crippen molar-refractivity contribution in [3.05, 3.63) is 77.9 Å². The third-order valence-corrected chi connectivity index (χ3v) is 6.11. The summed E-state index contributed by atoms with van der Waals surface area (Å²) in [5, 5.41) is 0. The molecule has 1 nitrogen and oxygen atoms in total. The molecule has 1 aliphatic rings. The second kappa shape index (κ2) is 8.99. The number of benzene rings is 3. The monoisotopic (exact) mass is 406 g/mol. The summed E-state index contributed by atoms with van der Waals surface area (Å²) >= 11 is 0. The van der Waals surface area contributed by atoms with Gasteiger partial charge in [0.1, 0.15) is 0 Å². The van der Waals surface area contributed by atoms with Crippen LogP contribution in [-0.2, 0) is 0 Å².